The Hall–Kier alpha value is -2.57. The lowest BCUT2D eigenvalue weighted by atomic mass is 10.1. The highest BCUT2D eigenvalue weighted by Crippen LogP contribution is 2.19. The monoisotopic (exact) mass is 330 g/mol. The second kappa shape index (κ2) is 6.14. The fourth-order valence-electron chi connectivity index (χ4n) is 3.02. The Morgan fingerprint density at radius 1 is 1.29 bits per heavy atom. The summed E-state index contributed by atoms with van der Waals surface area (Å²) >= 11 is 0. The van der Waals surface area contributed by atoms with Gasteiger partial charge in [0.15, 0.2) is 0 Å². The van der Waals surface area contributed by atoms with Gasteiger partial charge in [0.25, 0.3) is 11.5 Å². The van der Waals surface area contributed by atoms with Crippen molar-refractivity contribution < 1.29 is 9.21 Å². The van der Waals surface area contributed by atoms with Crippen molar-refractivity contribution in [2.45, 2.75) is 26.7 Å². The molecule has 24 heavy (non-hydrogen) atoms. The van der Waals surface area contributed by atoms with Crippen LogP contribution in [0.4, 0.5) is 5.95 Å². The molecule has 1 amide bonds. The summed E-state index contributed by atoms with van der Waals surface area (Å²) in [5.74, 6) is 1.84. The molecular formula is C17H22N4O3. The first kappa shape index (κ1) is 16.3. The predicted molar refractivity (Wildman–Crippen MR) is 90.7 cm³/mol. The summed E-state index contributed by atoms with van der Waals surface area (Å²) in [6.45, 7) is 4.66. The van der Waals surface area contributed by atoms with E-state index in [2.05, 4.69) is 9.97 Å². The van der Waals surface area contributed by atoms with Crippen molar-refractivity contribution in [2.75, 3.05) is 32.1 Å². The molecule has 0 fully saturated rings. The Morgan fingerprint density at radius 3 is 2.62 bits per heavy atom. The molecule has 0 bridgehead atoms. The minimum Gasteiger partial charge on any atom is -0.466 e. The van der Waals surface area contributed by atoms with Crippen LogP contribution in [-0.4, -0.2) is 48.0 Å². The lowest BCUT2D eigenvalue weighted by molar-refractivity contribution is 0.0761. The molecular weight excluding hydrogens is 308 g/mol. The Bertz CT molecular complexity index is 835. The molecule has 0 aliphatic carbocycles. The van der Waals surface area contributed by atoms with Crippen LogP contribution in [0.1, 0.15) is 33.1 Å². The summed E-state index contributed by atoms with van der Waals surface area (Å²) in [5, 5.41) is 0. The van der Waals surface area contributed by atoms with E-state index in [1.165, 1.54) is 0 Å². The zero-order valence-corrected chi connectivity index (χ0v) is 14.5. The zero-order chi connectivity index (χ0) is 17.4. The summed E-state index contributed by atoms with van der Waals surface area (Å²) in [6.07, 6.45) is 1.08. The maximum absolute atomic E-state index is 12.7. The number of aryl methyl sites for hydroxylation is 2. The molecule has 0 spiro atoms. The number of fused-ring (bicyclic) bond motifs is 1. The number of H-pyrrole nitrogens is 1. The number of nitrogens with one attached hydrogen (secondary N) is 1. The molecule has 1 aliphatic rings. The molecule has 1 N–H and O–H groups in total. The predicted octanol–water partition coefficient (Wildman–Crippen LogP) is 1.29. The van der Waals surface area contributed by atoms with Crippen molar-refractivity contribution in [2.24, 2.45) is 0 Å². The number of aromatic amines is 1. The molecule has 7 nitrogen and oxygen atoms in total. The van der Waals surface area contributed by atoms with Gasteiger partial charge >= 0.3 is 0 Å². The highest BCUT2D eigenvalue weighted by molar-refractivity contribution is 5.95. The standard InChI is InChI=1S/C17H22N4O3/c1-10-9-13(11(2)24-10)16(23)21-7-5-12-14(6-8-21)18-17(20(3)4)19-15(12)22/h9H,5-8H2,1-4H3,(H,18,19,22). The Morgan fingerprint density at radius 2 is 2.00 bits per heavy atom. The summed E-state index contributed by atoms with van der Waals surface area (Å²) < 4.78 is 5.46. The van der Waals surface area contributed by atoms with Crippen LogP contribution in [0.5, 0.6) is 0 Å². The van der Waals surface area contributed by atoms with Gasteiger partial charge in [0.1, 0.15) is 11.5 Å². The number of hydrogen-bond acceptors (Lipinski definition) is 5. The summed E-state index contributed by atoms with van der Waals surface area (Å²) in [4.78, 5) is 35.9. The normalized spacial score (nSPS) is 14.2. The molecule has 128 valence electrons. The van der Waals surface area contributed by atoms with Crippen LogP contribution in [0.15, 0.2) is 15.3 Å². The molecule has 3 heterocycles. The van der Waals surface area contributed by atoms with Gasteiger partial charge in [-0.05, 0) is 26.3 Å². The first-order chi connectivity index (χ1) is 11.4. The van der Waals surface area contributed by atoms with Crippen LogP contribution >= 0.6 is 0 Å². The zero-order valence-electron chi connectivity index (χ0n) is 14.5. The van der Waals surface area contributed by atoms with Gasteiger partial charge in [-0.25, -0.2) is 4.98 Å². The Kier molecular flexibility index (Phi) is 4.17. The average molecular weight is 330 g/mol. The molecule has 2 aromatic heterocycles. The number of rotatable bonds is 2. The maximum atomic E-state index is 12.7. The lowest BCUT2D eigenvalue weighted by Gasteiger charge is -2.19. The van der Waals surface area contributed by atoms with Gasteiger partial charge in [0.05, 0.1) is 11.3 Å². The summed E-state index contributed by atoms with van der Waals surface area (Å²) in [6, 6.07) is 1.77. The molecule has 2 aromatic rings. The second-order valence-corrected chi connectivity index (χ2v) is 6.33. The van der Waals surface area contributed by atoms with E-state index in [9.17, 15) is 9.59 Å². The third kappa shape index (κ3) is 2.93. The van der Waals surface area contributed by atoms with Gasteiger partial charge in [-0.3, -0.25) is 14.6 Å². The number of aromatic nitrogens is 2. The largest absolute Gasteiger partial charge is 0.466 e. The fraction of sp³-hybridized carbons (Fsp3) is 0.471. The molecule has 3 rings (SSSR count). The molecule has 1 aliphatic heterocycles. The maximum Gasteiger partial charge on any atom is 0.257 e. The number of hydrogen-bond donors (Lipinski definition) is 1. The number of carbonyl (C=O) groups excluding carboxylic acids is 1. The van der Waals surface area contributed by atoms with Crippen molar-refractivity contribution in [1.29, 1.82) is 0 Å². The van der Waals surface area contributed by atoms with E-state index in [1.807, 2.05) is 21.0 Å². The highest BCUT2D eigenvalue weighted by atomic mass is 16.3. The van der Waals surface area contributed by atoms with Crippen LogP contribution in [0.3, 0.4) is 0 Å². The SMILES string of the molecule is Cc1cc(C(=O)N2CCc3nc(N(C)C)[nH]c(=O)c3CC2)c(C)o1. The fourth-order valence-corrected chi connectivity index (χ4v) is 3.02. The van der Waals surface area contributed by atoms with Crippen molar-refractivity contribution in [3.63, 3.8) is 0 Å². The average Bonchev–Trinajstić information content (AvgIpc) is 2.73. The van der Waals surface area contributed by atoms with Gasteiger partial charge in [0, 0.05) is 39.2 Å². The van der Waals surface area contributed by atoms with E-state index < -0.39 is 0 Å². The third-order valence-corrected chi connectivity index (χ3v) is 4.32. The van der Waals surface area contributed by atoms with Gasteiger partial charge in [-0.1, -0.05) is 0 Å². The van der Waals surface area contributed by atoms with E-state index in [4.69, 9.17) is 4.42 Å². The Labute approximate surface area is 140 Å². The van der Waals surface area contributed by atoms with E-state index in [1.54, 1.807) is 22.8 Å². The van der Waals surface area contributed by atoms with E-state index in [0.29, 0.717) is 48.8 Å². The first-order valence-electron chi connectivity index (χ1n) is 8.02. The molecule has 0 saturated carbocycles. The van der Waals surface area contributed by atoms with Crippen LogP contribution in [0, 0.1) is 13.8 Å². The van der Waals surface area contributed by atoms with Crippen LogP contribution in [-0.2, 0) is 12.8 Å². The minimum absolute atomic E-state index is 0.0542. The van der Waals surface area contributed by atoms with Gasteiger partial charge in [-0.2, -0.15) is 0 Å². The summed E-state index contributed by atoms with van der Waals surface area (Å²) in [5.41, 5.74) is 1.93. The molecule has 0 aromatic carbocycles. The number of nitrogens with zero attached hydrogens (tertiary/aromatic N) is 3. The minimum atomic E-state index is -0.117. The van der Waals surface area contributed by atoms with Gasteiger partial charge in [0.2, 0.25) is 5.95 Å². The smallest absolute Gasteiger partial charge is 0.257 e. The van der Waals surface area contributed by atoms with E-state index in [0.717, 1.165) is 11.5 Å². The molecule has 0 radical (unpaired) electrons. The molecule has 0 saturated heterocycles. The topological polar surface area (TPSA) is 82.4 Å². The number of amides is 1. The van der Waals surface area contributed by atoms with Crippen molar-refractivity contribution >= 4 is 11.9 Å². The van der Waals surface area contributed by atoms with Crippen LogP contribution in [0.2, 0.25) is 0 Å². The van der Waals surface area contributed by atoms with Crippen LogP contribution in [0.25, 0.3) is 0 Å². The Balaban J connectivity index is 1.85. The van der Waals surface area contributed by atoms with Crippen LogP contribution < -0.4 is 10.5 Å². The first-order valence-corrected chi connectivity index (χ1v) is 8.02. The highest BCUT2D eigenvalue weighted by Gasteiger charge is 2.25. The third-order valence-electron chi connectivity index (χ3n) is 4.32. The lowest BCUT2D eigenvalue weighted by Crippen LogP contribution is -2.33. The van der Waals surface area contributed by atoms with Crippen molar-refractivity contribution in [1.82, 2.24) is 14.9 Å². The number of carbonyl (C=O) groups is 1. The molecule has 0 unspecified atom stereocenters. The van der Waals surface area contributed by atoms with Gasteiger partial charge in [-0.15, -0.1) is 0 Å². The summed E-state index contributed by atoms with van der Waals surface area (Å²) in [7, 11) is 3.67. The van der Waals surface area contributed by atoms with Crippen molar-refractivity contribution in [3.05, 3.63) is 44.8 Å². The molecule has 0 atom stereocenters. The van der Waals surface area contributed by atoms with E-state index >= 15 is 0 Å². The quantitative estimate of drug-likeness (QED) is 0.897. The van der Waals surface area contributed by atoms with Crippen molar-refractivity contribution in [3.8, 4) is 0 Å². The number of anilines is 1. The molecule has 7 heteroatoms. The van der Waals surface area contributed by atoms with Gasteiger partial charge < -0.3 is 14.2 Å². The van der Waals surface area contributed by atoms with E-state index in [-0.39, 0.29) is 11.5 Å². The number of furan rings is 1. The second-order valence-electron chi connectivity index (χ2n) is 6.33.